The molecule has 0 spiro atoms. The van der Waals surface area contributed by atoms with E-state index in [1.54, 1.807) is 4.68 Å². The van der Waals surface area contributed by atoms with Gasteiger partial charge in [0.1, 0.15) is 5.84 Å². The van der Waals surface area contributed by atoms with E-state index in [0.717, 1.165) is 11.4 Å². The Morgan fingerprint density at radius 3 is 2.63 bits per heavy atom. The topological polar surface area (TPSA) is 79.7 Å². The molecule has 3 N–H and O–H groups in total. The summed E-state index contributed by atoms with van der Waals surface area (Å²) in [6, 6.07) is 0.331. The average molecular weight is 288 g/mol. The third kappa shape index (κ3) is 4.11. The van der Waals surface area contributed by atoms with Gasteiger partial charge in [-0.3, -0.25) is 9.58 Å². The van der Waals surface area contributed by atoms with Crippen LogP contribution in [0.25, 0.3) is 0 Å². The largest absolute Gasteiger partial charge is 0.409 e. The molecule has 1 aromatic heterocycles. The van der Waals surface area contributed by atoms with E-state index >= 15 is 0 Å². The molecule has 0 amide bonds. The smallest absolute Gasteiger partial charge is 0.140 e. The van der Waals surface area contributed by atoms with Crippen molar-refractivity contribution in [2.45, 2.75) is 39.8 Å². The fourth-order valence-electron chi connectivity index (χ4n) is 1.87. The van der Waals surface area contributed by atoms with Crippen LogP contribution in [0.3, 0.4) is 0 Å². The van der Waals surface area contributed by atoms with Crippen molar-refractivity contribution in [1.82, 2.24) is 14.7 Å². The van der Waals surface area contributed by atoms with Crippen molar-refractivity contribution in [3.63, 3.8) is 0 Å². The van der Waals surface area contributed by atoms with Crippen molar-refractivity contribution in [3.05, 3.63) is 16.4 Å². The van der Waals surface area contributed by atoms with Crippen LogP contribution in [0, 0.1) is 6.92 Å². The number of hydrogen-bond donors (Lipinski definition) is 2. The highest BCUT2D eigenvalue weighted by molar-refractivity contribution is 6.31. The van der Waals surface area contributed by atoms with Crippen molar-refractivity contribution in [2.75, 3.05) is 6.54 Å². The lowest BCUT2D eigenvalue weighted by atomic mass is 10.2. The molecule has 6 nitrogen and oxygen atoms in total. The Labute approximate surface area is 118 Å². The number of oxime groups is 1. The monoisotopic (exact) mass is 287 g/mol. The number of nitrogens with two attached hydrogens (primary N) is 1. The fourth-order valence-corrected chi connectivity index (χ4v) is 2.09. The second kappa shape index (κ2) is 6.77. The van der Waals surface area contributed by atoms with Gasteiger partial charge in [-0.25, -0.2) is 0 Å². The van der Waals surface area contributed by atoms with E-state index in [1.807, 2.05) is 14.0 Å². The zero-order valence-corrected chi connectivity index (χ0v) is 12.6. The van der Waals surface area contributed by atoms with Crippen LogP contribution < -0.4 is 5.73 Å². The van der Waals surface area contributed by atoms with Gasteiger partial charge in [0.15, 0.2) is 0 Å². The molecular weight excluding hydrogens is 266 g/mol. The molecule has 0 aliphatic heterocycles. The van der Waals surface area contributed by atoms with Crippen LogP contribution in [-0.2, 0) is 13.6 Å². The summed E-state index contributed by atoms with van der Waals surface area (Å²) in [5, 5.41) is 16.6. The molecule has 0 bridgehead atoms. The summed E-state index contributed by atoms with van der Waals surface area (Å²) < 4.78 is 1.80. The third-order valence-corrected chi connectivity index (χ3v) is 3.62. The van der Waals surface area contributed by atoms with E-state index in [0.29, 0.717) is 30.6 Å². The van der Waals surface area contributed by atoms with Gasteiger partial charge in [0.2, 0.25) is 0 Å². The Balaban J connectivity index is 2.78. The van der Waals surface area contributed by atoms with E-state index in [9.17, 15) is 0 Å². The number of aromatic nitrogens is 2. The highest BCUT2D eigenvalue weighted by Gasteiger charge is 2.17. The Kier molecular flexibility index (Phi) is 5.62. The Morgan fingerprint density at radius 1 is 1.58 bits per heavy atom. The van der Waals surface area contributed by atoms with Gasteiger partial charge in [0.05, 0.1) is 16.4 Å². The molecule has 0 aromatic carbocycles. The van der Waals surface area contributed by atoms with Crippen molar-refractivity contribution in [3.8, 4) is 0 Å². The molecule has 1 rings (SSSR count). The number of hydrogen-bond acceptors (Lipinski definition) is 4. The lowest BCUT2D eigenvalue weighted by Gasteiger charge is -2.26. The normalized spacial score (nSPS) is 12.7. The number of aryl methyl sites for hydroxylation is 2. The van der Waals surface area contributed by atoms with E-state index in [4.69, 9.17) is 22.5 Å². The predicted octanol–water partition coefficient (Wildman–Crippen LogP) is 1.73. The van der Waals surface area contributed by atoms with Gasteiger partial charge >= 0.3 is 0 Å². The van der Waals surface area contributed by atoms with Gasteiger partial charge in [-0.2, -0.15) is 5.10 Å². The summed E-state index contributed by atoms with van der Waals surface area (Å²) in [7, 11) is 1.89. The predicted molar refractivity (Wildman–Crippen MR) is 76.5 cm³/mol. The van der Waals surface area contributed by atoms with Crippen LogP contribution in [0.4, 0.5) is 0 Å². The molecule has 0 fully saturated rings. The van der Waals surface area contributed by atoms with E-state index in [2.05, 4.69) is 29.0 Å². The van der Waals surface area contributed by atoms with Gasteiger partial charge in [0.25, 0.3) is 0 Å². The van der Waals surface area contributed by atoms with Crippen LogP contribution in [0.15, 0.2) is 5.16 Å². The summed E-state index contributed by atoms with van der Waals surface area (Å²) in [5.74, 6) is 0.234. The molecule has 19 heavy (non-hydrogen) atoms. The number of nitrogens with zero attached hydrogens (tertiary/aromatic N) is 4. The molecule has 0 atom stereocenters. The summed E-state index contributed by atoms with van der Waals surface area (Å²) in [5.41, 5.74) is 7.32. The van der Waals surface area contributed by atoms with Gasteiger partial charge in [0, 0.05) is 32.6 Å². The Hall–Kier alpha value is -1.27. The summed E-state index contributed by atoms with van der Waals surface area (Å²) in [6.07, 6.45) is 0.517. The molecule has 0 saturated heterocycles. The van der Waals surface area contributed by atoms with E-state index in [-0.39, 0.29) is 5.84 Å². The Morgan fingerprint density at radius 2 is 2.21 bits per heavy atom. The molecular formula is C12H22ClN5O. The van der Waals surface area contributed by atoms with Gasteiger partial charge < -0.3 is 10.9 Å². The molecule has 108 valence electrons. The lowest BCUT2D eigenvalue weighted by molar-refractivity contribution is 0.212. The first-order chi connectivity index (χ1) is 8.86. The van der Waals surface area contributed by atoms with E-state index < -0.39 is 0 Å². The molecule has 0 aliphatic carbocycles. The maximum atomic E-state index is 8.58. The highest BCUT2D eigenvalue weighted by Crippen LogP contribution is 2.21. The minimum atomic E-state index is 0.234. The standard InChI is InChI=1S/C12H22ClN5O/c1-8(2)18(6-5-11(14)16-19)7-10-12(13)9(3)15-17(10)4/h8,19H,5-7H2,1-4H3,(H2,14,16). The summed E-state index contributed by atoms with van der Waals surface area (Å²) >= 11 is 6.25. The van der Waals surface area contributed by atoms with Crippen molar-refractivity contribution < 1.29 is 5.21 Å². The van der Waals surface area contributed by atoms with Gasteiger partial charge in [-0.15, -0.1) is 0 Å². The summed E-state index contributed by atoms with van der Waals surface area (Å²) in [4.78, 5) is 2.21. The molecule has 0 aliphatic rings. The second-order valence-electron chi connectivity index (χ2n) is 4.88. The van der Waals surface area contributed by atoms with Crippen LogP contribution in [-0.4, -0.2) is 38.3 Å². The minimum Gasteiger partial charge on any atom is -0.409 e. The fraction of sp³-hybridized carbons (Fsp3) is 0.667. The van der Waals surface area contributed by atoms with Crippen molar-refractivity contribution in [1.29, 1.82) is 0 Å². The van der Waals surface area contributed by atoms with Crippen molar-refractivity contribution in [2.24, 2.45) is 17.9 Å². The lowest BCUT2D eigenvalue weighted by Crippen LogP contribution is -2.34. The average Bonchev–Trinajstić information content (AvgIpc) is 2.59. The van der Waals surface area contributed by atoms with Crippen LogP contribution in [0.2, 0.25) is 5.02 Å². The van der Waals surface area contributed by atoms with Crippen LogP contribution in [0.1, 0.15) is 31.7 Å². The van der Waals surface area contributed by atoms with Crippen LogP contribution in [0.5, 0.6) is 0 Å². The van der Waals surface area contributed by atoms with Gasteiger partial charge in [-0.05, 0) is 20.8 Å². The maximum absolute atomic E-state index is 8.58. The van der Waals surface area contributed by atoms with Gasteiger partial charge in [-0.1, -0.05) is 16.8 Å². The first-order valence-corrected chi connectivity index (χ1v) is 6.63. The first kappa shape index (κ1) is 15.8. The molecule has 7 heteroatoms. The molecule has 0 saturated carbocycles. The molecule has 0 radical (unpaired) electrons. The molecule has 0 unspecified atom stereocenters. The number of halogens is 1. The zero-order valence-electron chi connectivity index (χ0n) is 11.9. The number of amidine groups is 1. The second-order valence-corrected chi connectivity index (χ2v) is 5.25. The molecule has 1 aromatic rings. The molecule has 1 heterocycles. The quantitative estimate of drug-likeness (QED) is 0.361. The van der Waals surface area contributed by atoms with E-state index in [1.165, 1.54) is 0 Å². The van der Waals surface area contributed by atoms with Crippen LogP contribution >= 0.6 is 11.6 Å². The first-order valence-electron chi connectivity index (χ1n) is 6.25. The SMILES string of the molecule is Cc1nn(C)c(CN(CCC(N)=NO)C(C)C)c1Cl. The maximum Gasteiger partial charge on any atom is 0.140 e. The highest BCUT2D eigenvalue weighted by atomic mass is 35.5. The summed E-state index contributed by atoms with van der Waals surface area (Å²) in [6.45, 7) is 7.48. The minimum absolute atomic E-state index is 0.234. The zero-order chi connectivity index (χ0) is 14.6. The van der Waals surface area contributed by atoms with Crippen molar-refractivity contribution >= 4 is 17.4 Å². The number of rotatable bonds is 6. The Bertz CT molecular complexity index is 455. The third-order valence-electron chi connectivity index (χ3n) is 3.13.